The van der Waals surface area contributed by atoms with Crippen molar-refractivity contribution in [2.75, 3.05) is 26.2 Å². The molecule has 3 aliphatic rings. The topological polar surface area (TPSA) is 74.2 Å². The van der Waals surface area contributed by atoms with Crippen molar-refractivity contribution < 1.29 is 14.3 Å². The summed E-state index contributed by atoms with van der Waals surface area (Å²) in [5.74, 6) is 0.771. The molecule has 0 saturated carbocycles. The molecule has 3 rings (SSSR count). The van der Waals surface area contributed by atoms with E-state index in [9.17, 15) is 9.59 Å². The number of hydrogen-bond donors (Lipinski definition) is 1. The molecule has 2 amide bonds. The lowest BCUT2D eigenvalue weighted by Crippen LogP contribution is -2.57. The highest BCUT2D eigenvalue weighted by Gasteiger charge is 2.47. The van der Waals surface area contributed by atoms with E-state index >= 15 is 0 Å². The zero-order chi connectivity index (χ0) is 18.2. The number of aliphatic imine (C=N–C) groups is 1. The van der Waals surface area contributed by atoms with Gasteiger partial charge in [-0.3, -0.25) is 14.7 Å². The summed E-state index contributed by atoms with van der Waals surface area (Å²) in [5.41, 5.74) is -1.05. The molecule has 3 heterocycles. The van der Waals surface area contributed by atoms with Gasteiger partial charge in [-0.1, -0.05) is 0 Å². The maximum atomic E-state index is 12.3. The zero-order valence-electron chi connectivity index (χ0n) is 15.8. The average Bonchev–Trinajstić information content (AvgIpc) is 2.79. The minimum absolute atomic E-state index is 0.0425. The quantitative estimate of drug-likeness (QED) is 0.782. The summed E-state index contributed by atoms with van der Waals surface area (Å²) in [6.45, 7) is 10.6. The molecule has 0 aromatic heterocycles. The summed E-state index contributed by atoms with van der Waals surface area (Å²) >= 11 is 0. The van der Waals surface area contributed by atoms with Crippen LogP contribution in [-0.4, -0.2) is 71.0 Å². The van der Waals surface area contributed by atoms with Gasteiger partial charge in [0.15, 0.2) is 5.54 Å². The molecule has 0 bridgehead atoms. The smallest absolute Gasteiger partial charge is 0.410 e. The summed E-state index contributed by atoms with van der Waals surface area (Å²) in [4.78, 5) is 33.4. The van der Waals surface area contributed by atoms with Crippen LogP contribution in [0.4, 0.5) is 4.79 Å². The lowest BCUT2D eigenvalue weighted by molar-refractivity contribution is -0.126. The molecule has 7 nitrogen and oxygen atoms in total. The van der Waals surface area contributed by atoms with E-state index in [0.29, 0.717) is 25.7 Å². The van der Waals surface area contributed by atoms with Crippen LogP contribution >= 0.6 is 0 Å². The van der Waals surface area contributed by atoms with E-state index in [-0.39, 0.29) is 12.0 Å². The first kappa shape index (κ1) is 18.2. The van der Waals surface area contributed by atoms with Crippen molar-refractivity contribution in [3.05, 3.63) is 0 Å². The van der Waals surface area contributed by atoms with Crippen molar-refractivity contribution in [2.24, 2.45) is 4.99 Å². The number of rotatable bonds is 1. The van der Waals surface area contributed by atoms with Crippen LogP contribution < -0.4 is 5.32 Å². The third-order valence-corrected chi connectivity index (χ3v) is 5.23. The normalized spacial score (nSPS) is 28.9. The Labute approximate surface area is 149 Å². The second-order valence-electron chi connectivity index (χ2n) is 8.46. The van der Waals surface area contributed by atoms with Crippen molar-refractivity contribution in [2.45, 2.75) is 70.6 Å². The Bertz CT molecular complexity index is 575. The van der Waals surface area contributed by atoms with Crippen molar-refractivity contribution in [1.82, 2.24) is 15.1 Å². The molecular weight excluding hydrogens is 320 g/mol. The minimum atomic E-state index is -0.593. The van der Waals surface area contributed by atoms with Crippen LogP contribution in [0.3, 0.4) is 0 Å². The van der Waals surface area contributed by atoms with Crippen LogP contribution in [0.5, 0.6) is 0 Å². The summed E-state index contributed by atoms with van der Waals surface area (Å²) in [6, 6.07) is 0.403. The summed E-state index contributed by atoms with van der Waals surface area (Å²) in [7, 11) is 0. The molecule has 3 aliphatic heterocycles. The highest BCUT2D eigenvalue weighted by atomic mass is 16.6. The van der Waals surface area contributed by atoms with Crippen LogP contribution in [0.1, 0.15) is 53.4 Å². The Hall–Kier alpha value is -1.63. The summed E-state index contributed by atoms with van der Waals surface area (Å²) in [5, 5.41) is 2.86. The van der Waals surface area contributed by atoms with Gasteiger partial charge in [0.2, 0.25) is 0 Å². The maximum absolute atomic E-state index is 12.3. The average molecular weight is 350 g/mol. The largest absolute Gasteiger partial charge is 0.444 e. The minimum Gasteiger partial charge on any atom is -0.444 e. The molecule has 25 heavy (non-hydrogen) atoms. The van der Waals surface area contributed by atoms with E-state index in [4.69, 9.17) is 4.74 Å². The van der Waals surface area contributed by atoms with E-state index < -0.39 is 11.1 Å². The number of amides is 2. The van der Waals surface area contributed by atoms with Gasteiger partial charge in [-0.05, 0) is 59.9 Å². The van der Waals surface area contributed by atoms with E-state index in [2.05, 4.69) is 15.2 Å². The lowest BCUT2D eigenvalue weighted by Gasteiger charge is -2.44. The van der Waals surface area contributed by atoms with Crippen molar-refractivity contribution >= 4 is 17.8 Å². The van der Waals surface area contributed by atoms with Gasteiger partial charge in [-0.25, -0.2) is 4.79 Å². The van der Waals surface area contributed by atoms with Crippen molar-refractivity contribution in [3.8, 4) is 0 Å². The highest BCUT2D eigenvalue weighted by Crippen LogP contribution is 2.31. The molecule has 140 valence electrons. The molecule has 0 aromatic rings. The summed E-state index contributed by atoms with van der Waals surface area (Å²) < 4.78 is 5.46. The predicted octanol–water partition coefficient (Wildman–Crippen LogP) is 1.77. The molecule has 2 saturated heterocycles. The number of piperidine rings is 2. The molecule has 0 aromatic carbocycles. The lowest BCUT2D eigenvalue weighted by atomic mass is 9.87. The van der Waals surface area contributed by atoms with Crippen LogP contribution in [0.15, 0.2) is 4.99 Å². The Morgan fingerprint density at radius 3 is 2.52 bits per heavy atom. The van der Waals surface area contributed by atoms with Gasteiger partial charge < -0.3 is 15.0 Å². The Balaban J connectivity index is 1.56. The van der Waals surface area contributed by atoms with E-state index in [0.717, 1.165) is 38.1 Å². The van der Waals surface area contributed by atoms with Gasteiger partial charge in [0.25, 0.3) is 5.91 Å². The fourth-order valence-corrected chi connectivity index (χ4v) is 4.08. The molecule has 1 N–H and O–H groups in total. The van der Waals surface area contributed by atoms with Gasteiger partial charge in [0.05, 0.1) is 0 Å². The Morgan fingerprint density at radius 2 is 1.96 bits per heavy atom. The Kier molecular flexibility index (Phi) is 4.79. The number of carbonyl (C=O) groups is 2. The van der Waals surface area contributed by atoms with Crippen molar-refractivity contribution in [1.29, 1.82) is 0 Å². The van der Waals surface area contributed by atoms with Crippen LogP contribution in [-0.2, 0) is 9.53 Å². The fraction of sp³-hybridized carbons (Fsp3) is 0.833. The molecule has 1 unspecified atom stereocenters. The molecule has 0 aliphatic carbocycles. The van der Waals surface area contributed by atoms with Crippen LogP contribution in [0.25, 0.3) is 0 Å². The number of amidine groups is 1. The van der Waals surface area contributed by atoms with Gasteiger partial charge in [0.1, 0.15) is 11.4 Å². The molecule has 1 spiro atoms. The van der Waals surface area contributed by atoms with E-state index in [1.54, 1.807) is 4.90 Å². The highest BCUT2D eigenvalue weighted by molar-refractivity contribution is 6.07. The van der Waals surface area contributed by atoms with Crippen molar-refractivity contribution in [3.63, 3.8) is 0 Å². The van der Waals surface area contributed by atoms with Gasteiger partial charge in [-0.15, -0.1) is 0 Å². The SMILES string of the molecule is CC1=NC2(CCCN(C3CCN(C(=O)OC(C)(C)C)CC3)C2)C(=O)N1. The third-order valence-electron chi connectivity index (χ3n) is 5.23. The van der Waals surface area contributed by atoms with E-state index in [1.807, 2.05) is 27.7 Å². The molecule has 1 atom stereocenters. The van der Waals surface area contributed by atoms with Gasteiger partial charge in [-0.2, -0.15) is 0 Å². The predicted molar refractivity (Wildman–Crippen MR) is 95.6 cm³/mol. The standard InChI is InChI=1S/C18H30N4O3/c1-13-19-15(23)18(20-13)8-5-9-22(12-18)14-6-10-21(11-7-14)16(24)25-17(2,3)4/h14H,5-12H2,1-4H3,(H,19,20,23). The number of hydrogen-bond acceptors (Lipinski definition) is 5. The first-order valence-corrected chi connectivity index (χ1v) is 9.28. The fourth-order valence-electron chi connectivity index (χ4n) is 4.08. The third kappa shape index (κ3) is 3.97. The van der Waals surface area contributed by atoms with Gasteiger partial charge in [0, 0.05) is 25.7 Å². The van der Waals surface area contributed by atoms with Crippen LogP contribution in [0, 0.1) is 0 Å². The van der Waals surface area contributed by atoms with Crippen LogP contribution in [0.2, 0.25) is 0 Å². The summed E-state index contributed by atoms with van der Waals surface area (Å²) in [6.07, 6.45) is 3.41. The molecule has 7 heteroatoms. The maximum Gasteiger partial charge on any atom is 0.410 e. The van der Waals surface area contributed by atoms with E-state index in [1.165, 1.54) is 0 Å². The van der Waals surface area contributed by atoms with Gasteiger partial charge >= 0.3 is 6.09 Å². The Morgan fingerprint density at radius 1 is 1.28 bits per heavy atom. The number of ether oxygens (including phenoxy) is 1. The molecule has 2 fully saturated rings. The second-order valence-corrected chi connectivity index (χ2v) is 8.46. The molecular formula is C18H30N4O3. The molecule has 0 radical (unpaired) electrons. The monoisotopic (exact) mass is 350 g/mol. The number of likely N-dealkylation sites (tertiary alicyclic amines) is 2. The number of nitrogens with zero attached hydrogens (tertiary/aromatic N) is 3. The zero-order valence-corrected chi connectivity index (χ0v) is 15.8. The first-order chi connectivity index (χ1) is 11.7. The second kappa shape index (κ2) is 6.59. The number of carbonyl (C=O) groups excluding carboxylic acids is 2. The number of nitrogens with one attached hydrogen (secondary N) is 1. The first-order valence-electron chi connectivity index (χ1n) is 9.28.